The monoisotopic (exact) mass is 312 g/mol. The van der Waals surface area contributed by atoms with Crippen LogP contribution in [0.15, 0.2) is 0 Å². The second-order valence-corrected chi connectivity index (χ2v) is 8.55. The summed E-state index contributed by atoms with van der Waals surface area (Å²) in [7, 11) is 0. The number of nitrogens with one attached hydrogen (secondary N) is 2. The number of amides is 1. The van der Waals surface area contributed by atoms with Crippen LogP contribution in [0.2, 0.25) is 0 Å². The molecule has 3 nitrogen and oxygen atoms in total. The van der Waals surface area contributed by atoms with Crippen LogP contribution in [0.25, 0.3) is 0 Å². The second-order valence-electron chi connectivity index (χ2n) is 7.26. The number of piperidine rings is 1. The number of carbonyl (C=O) groups excluding carboxylic acids is 1. The molecule has 4 heteroatoms. The van der Waals surface area contributed by atoms with Gasteiger partial charge >= 0.3 is 0 Å². The van der Waals surface area contributed by atoms with Crippen molar-refractivity contribution in [1.82, 2.24) is 10.6 Å². The molecule has 1 amide bonds. The quantitative estimate of drug-likeness (QED) is 0.820. The van der Waals surface area contributed by atoms with Gasteiger partial charge < -0.3 is 10.6 Å². The van der Waals surface area contributed by atoms with Gasteiger partial charge in [0.2, 0.25) is 5.91 Å². The van der Waals surface area contributed by atoms with Crippen molar-refractivity contribution in [2.75, 3.05) is 18.8 Å². The molecule has 2 fully saturated rings. The van der Waals surface area contributed by atoms with Crippen LogP contribution >= 0.6 is 11.8 Å². The largest absolute Gasteiger partial charge is 0.352 e. The summed E-state index contributed by atoms with van der Waals surface area (Å²) in [4.78, 5) is 12.3. The first kappa shape index (κ1) is 17.1. The lowest BCUT2D eigenvalue weighted by atomic mass is 9.74. The summed E-state index contributed by atoms with van der Waals surface area (Å²) in [5.74, 6) is 2.97. The highest BCUT2D eigenvalue weighted by atomic mass is 32.2. The summed E-state index contributed by atoms with van der Waals surface area (Å²) in [5, 5.41) is 7.39. The Morgan fingerprint density at radius 1 is 1.24 bits per heavy atom. The van der Waals surface area contributed by atoms with E-state index in [2.05, 4.69) is 31.4 Å². The van der Waals surface area contributed by atoms with Gasteiger partial charge in [0.25, 0.3) is 0 Å². The van der Waals surface area contributed by atoms with E-state index in [1.165, 1.54) is 25.7 Å². The standard InChI is InChI=1S/C17H32N2OS/c1-12(2)15-5-4-13(3)10-16(15)19-17(20)11-21-14-6-8-18-9-7-14/h12-16,18H,4-11H2,1-3H3,(H,19,20). The Balaban J connectivity index is 1.76. The van der Waals surface area contributed by atoms with Crippen molar-refractivity contribution in [3.05, 3.63) is 0 Å². The second kappa shape index (κ2) is 8.42. The summed E-state index contributed by atoms with van der Waals surface area (Å²) < 4.78 is 0. The minimum absolute atomic E-state index is 0.253. The maximum atomic E-state index is 12.3. The van der Waals surface area contributed by atoms with E-state index in [9.17, 15) is 4.79 Å². The topological polar surface area (TPSA) is 41.1 Å². The Morgan fingerprint density at radius 3 is 2.62 bits per heavy atom. The fourth-order valence-corrected chi connectivity index (χ4v) is 4.81. The normalized spacial score (nSPS) is 31.3. The number of rotatable bonds is 5. The molecule has 3 atom stereocenters. The van der Waals surface area contributed by atoms with Crippen molar-refractivity contribution in [3.63, 3.8) is 0 Å². The number of carbonyl (C=O) groups is 1. The van der Waals surface area contributed by atoms with Gasteiger partial charge in [-0.15, -0.1) is 11.8 Å². The van der Waals surface area contributed by atoms with E-state index in [1.54, 1.807) is 0 Å². The van der Waals surface area contributed by atoms with Crippen LogP contribution < -0.4 is 10.6 Å². The van der Waals surface area contributed by atoms with Gasteiger partial charge in [0, 0.05) is 11.3 Å². The maximum Gasteiger partial charge on any atom is 0.230 e. The fraction of sp³-hybridized carbons (Fsp3) is 0.941. The third kappa shape index (κ3) is 5.48. The molecular weight excluding hydrogens is 280 g/mol. The molecule has 1 heterocycles. The maximum absolute atomic E-state index is 12.3. The van der Waals surface area contributed by atoms with Crippen molar-refractivity contribution in [1.29, 1.82) is 0 Å². The lowest BCUT2D eigenvalue weighted by Crippen LogP contribution is -2.46. The predicted octanol–water partition coefficient (Wildman–Crippen LogP) is 3.05. The average Bonchev–Trinajstić information content (AvgIpc) is 2.46. The first-order chi connectivity index (χ1) is 10.1. The van der Waals surface area contributed by atoms with Gasteiger partial charge in [-0.05, 0) is 56.5 Å². The van der Waals surface area contributed by atoms with E-state index < -0.39 is 0 Å². The molecule has 0 spiro atoms. The predicted molar refractivity (Wildman–Crippen MR) is 91.6 cm³/mol. The summed E-state index contributed by atoms with van der Waals surface area (Å²) >= 11 is 1.85. The Hall–Kier alpha value is -0.220. The van der Waals surface area contributed by atoms with Gasteiger partial charge in [0.1, 0.15) is 0 Å². The van der Waals surface area contributed by atoms with E-state index in [-0.39, 0.29) is 5.91 Å². The Kier molecular flexibility index (Phi) is 6.87. The number of thioether (sulfide) groups is 1. The minimum Gasteiger partial charge on any atom is -0.352 e. The zero-order chi connectivity index (χ0) is 15.2. The highest BCUT2D eigenvalue weighted by molar-refractivity contribution is 8.00. The van der Waals surface area contributed by atoms with Crippen LogP contribution in [0, 0.1) is 17.8 Å². The van der Waals surface area contributed by atoms with Gasteiger partial charge in [-0.1, -0.05) is 27.2 Å². The van der Waals surface area contributed by atoms with Gasteiger partial charge in [0.05, 0.1) is 5.75 Å². The molecule has 0 aromatic carbocycles. The number of hydrogen-bond acceptors (Lipinski definition) is 3. The van der Waals surface area contributed by atoms with Crippen LogP contribution in [0.4, 0.5) is 0 Å². The Labute approximate surface area is 134 Å². The van der Waals surface area contributed by atoms with Crippen LogP contribution in [0.5, 0.6) is 0 Å². The van der Waals surface area contributed by atoms with Crippen LogP contribution in [-0.2, 0) is 4.79 Å². The van der Waals surface area contributed by atoms with Crippen molar-refractivity contribution in [3.8, 4) is 0 Å². The summed E-state index contributed by atoms with van der Waals surface area (Å²) in [6.45, 7) is 9.12. The summed E-state index contributed by atoms with van der Waals surface area (Å²) in [6, 6.07) is 0.398. The summed E-state index contributed by atoms with van der Waals surface area (Å²) in [6.07, 6.45) is 6.15. The highest BCUT2D eigenvalue weighted by Crippen LogP contribution is 2.33. The smallest absolute Gasteiger partial charge is 0.230 e. The molecule has 3 unspecified atom stereocenters. The van der Waals surface area contributed by atoms with E-state index in [1.807, 2.05) is 11.8 Å². The molecule has 2 rings (SSSR count). The molecule has 0 aromatic rings. The molecule has 2 aliphatic rings. The number of hydrogen-bond donors (Lipinski definition) is 2. The molecule has 1 aliphatic carbocycles. The molecule has 0 bridgehead atoms. The highest BCUT2D eigenvalue weighted by Gasteiger charge is 2.31. The molecule has 0 aromatic heterocycles. The lowest BCUT2D eigenvalue weighted by molar-refractivity contribution is -0.120. The Bertz CT molecular complexity index is 329. The average molecular weight is 313 g/mol. The molecule has 1 saturated heterocycles. The van der Waals surface area contributed by atoms with Crippen molar-refractivity contribution in [2.24, 2.45) is 17.8 Å². The molecule has 2 N–H and O–H groups in total. The van der Waals surface area contributed by atoms with Crippen LogP contribution in [-0.4, -0.2) is 36.0 Å². The van der Waals surface area contributed by atoms with Crippen molar-refractivity contribution in [2.45, 2.75) is 64.2 Å². The Morgan fingerprint density at radius 2 is 1.95 bits per heavy atom. The first-order valence-electron chi connectivity index (χ1n) is 8.68. The molecule has 1 saturated carbocycles. The SMILES string of the molecule is CC1CCC(C(C)C)C(NC(=O)CSC2CCNCC2)C1. The third-order valence-corrected chi connectivity index (χ3v) is 6.48. The van der Waals surface area contributed by atoms with E-state index in [0.717, 1.165) is 25.4 Å². The zero-order valence-corrected chi connectivity index (χ0v) is 14.7. The van der Waals surface area contributed by atoms with Crippen molar-refractivity contribution >= 4 is 17.7 Å². The molecule has 1 aliphatic heterocycles. The third-order valence-electron chi connectivity index (χ3n) is 5.10. The lowest BCUT2D eigenvalue weighted by Gasteiger charge is -2.37. The van der Waals surface area contributed by atoms with Gasteiger partial charge in [-0.2, -0.15) is 0 Å². The van der Waals surface area contributed by atoms with Crippen LogP contribution in [0.1, 0.15) is 52.9 Å². The van der Waals surface area contributed by atoms with Gasteiger partial charge in [-0.3, -0.25) is 4.79 Å². The minimum atomic E-state index is 0.253. The zero-order valence-electron chi connectivity index (χ0n) is 13.9. The molecule has 21 heavy (non-hydrogen) atoms. The van der Waals surface area contributed by atoms with E-state index >= 15 is 0 Å². The summed E-state index contributed by atoms with van der Waals surface area (Å²) in [5.41, 5.74) is 0. The van der Waals surface area contributed by atoms with Gasteiger partial charge in [-0.25, -0.2) is 0 Å². The van der Waals surface area contributed by atoms with E-state index in [4.69, 9.17) is 0 Å². The molecule has 122 valence electrons. The van der Waals surface area contributed by atoms with Crippen molar-refractivity contribution < 1.29 is 4.79 Å². The fourth-order valence-electron chi connectivity index (χ4n) is 3.77. The van der Waals surface area contributed by atoms with E-state index in [0.29, 0.717) is 28.9 Å². The first-order valence-corrected chi connectivity index (χ1v) is 9.72. The molecular formula is C17H32N2OS. The molecule has 0 radical (unpaired) electrons. The van der Waals surface area contributed by atoms with Gasteiger partial charge in [0.15, 0.2) is 0 Å². The van der Waals surface area contributed by atoms with Crippen LogP contribution in [0.3, 0.4) is 0 Å².